The molecule has 4 heteroatoms. The second kappa shape index (κ2) is 6.06. The lowest BCUT2D eigenvalue weighted by molar-refractivity contribution is 0.228. The van der Waals surface area contributed by atoms with Crippen molar-refractivity contribution in [3.8, 4) is 0 Å². The van der Waals surface area contributed by atoms with E-state index in [-0.39, 0.29) is 0 Å². The molecule has 3 rings (SSSR count). The van der Waals surface area contributed by atoms with E-state index in [0.717, 1.165) is 29.8 Å². The topological polar surface area (TPSA) is 29.3 Å². The highest BCUT2D eigenvalue weighted by molar-refractivity contribution is 7.15. The van der Waals surface area contributed by atoms with Crippen molar-refractivity contribution < 1.29 is 0 Å². The molecule has 0 spiro atoms. The van der Waals surface area contributed by atoms with E-state index < -0.39 is 0 Å². The van der Waals surface area contributed by atoms with Gasteiger partial charge in [0.25, 0.3) is 0 Å². The van der Waals surface area contributed by atoms with Crippen LogP contribution in [0.2, 0.25) is 0 Å². The first-order chi connectivity index (χ1) is 9.36. The SMILES string of the molecule is CCNCC1CCCCC1Cc1cn2ccsc2n1. The summed E-state index contributed by atoms with van der Waals surface area (Å²) in [5.74, 6) is 1.66. The molecule has 0 aliphatic heterocycles. The number of thiazole rings is 1. The maximum absolute atomic E-state index is 4.74. The molecule has 0 bridgehead atoms. The molecule has 2 unspecified atom stereocenters. The summed E-state index contributed by atoms with van der Waals surface area (Å²) in [6, 6.07) is 0. The number of nitrogens with one attached hydrogen (secondary N) is 1. The van der Waals surface area contributed by atoms with Gasteiger partial charge in [-0.15, -0.1) is 11.3 Å². The molecule has 3 nitrogen and oxygen atoms in total. The van der Waals surface area contributed by atoms with Gasteiger partial charge in [-0.25, -0.2) is 4.98 Å². The molecule has 1 N–H and O–H groups in total. The van der Waals surface area contributed by atoms with Gasteiger partial charge < -0.3 is 5.32 Å². The Morgan fingerprint density at radius 1 is 1.37 bits per heavy atom. The normalized spacial score (nSPS) is 24.1. The summed E-state index contributed by atoms with van der Waals surface area (Å²) in [4.78, 5) is 5.88. The van der Waals surface area contributed by atoms with Gasteiger partial charge in [0.05, 0.1) is 5.69 Å². The molecular formula is C15H23N3S. The Hall–Kier alpha value is -0.870. The fraction of sp³-hybridized carbons (Fsp3) is 0.667. The zero-order chi connectivity index (χ0) is 13.1. The Morgan fingerprint density at radius 2 is 2.21 bits per heavy atom. The lowest BCUT2D eigenvalue weighted by Gasteiger charge is -2.31. The van der Waals surface area contributed by atoms with Crippen LogP contribution in [-0.2, 0) is 6.42 Å². The first-order valence-electron chi connectivity index (χ1n) is 7.48. The molecule has 1 saturated carbocycles. The number of aromatic nitrogens is 2. The van der Waals surface area contributed by atoms with Crippen LogP contribution in [0, 0.1) is 11.8 Å². The molecule has 104 valence electrons. The van der Waals surface area contributed by atoms with E-state index >= 15 is 0 Å². The lowest BCUT2D eigenvalue weighted by Crippen LogP contribution is -2.31. The van der Waals surface area contributed by atoms with Crippen LogP contribution in [0.5, 0.6) is 0 Å². The number of hydrogen-bond donors (Lipinski definition) is 1. The first-order valence-corrected chi connectivity index (χ1v) is 8.36. The average Bonchev–Trinajstić information content (AvgIpc) is 2.98. The minimum Gasteiger partial charge on any atom is -0.317 e. The van der Waals surface area contributed by atoms with Crippen LogP contribution in [0.3, 0.4) is 0 Å². The van der Waals surface area contributed by atoms with E-state index in [1.807, 2.05) is 0 Å². The molecule has 0 radical (unpaired) electrons. The molecule has 2 aromatic heterocycles. The van der Waals surface area contributed by atoms with Gasteiger partial charge in [-0.1, -0.05) is 19.8 Å². The summed E-state index contributed by atoms with van der Waals surface area (Å²) in [5.41, 5.74) is 1.28. The van der Waals surface area contributed by atoms with Gasteiger partial charge in [-0.3, -0.25) is 4.40 Å². The number of rotatable bonds is 5. The zero-order valence-corrected chi connectivity index (χ0v) is 12.5. The summed E-state index contributed by atoms with van der Waals surface area (Å²) < 4.78 is 2.15. The van der Waals surface area contributed by atoms with Gasteiger partial charge in [-0.05, 0) is 44.2 Å². The minimum atomic E-state index is 0.817. The third-order valence-electron chi connectivity index (χ3n) is 4.34. The molecule has 2 atom stereocenters. The average molecular weight is 277 g/mol. The third-order valence-corrected chi connectivity index (χ3v) is 5.11. The Labute approximate surface area is 119 Å². The molecule has 1 aliphatic carbocycles. The van der Waals surface area contributed by atoms with E-state index in [0.29, 0.717) is 0 Å². The second-order valence-corrected chi connectivity index (χ2v) is 6.51. The first kappa shape index (κ1) is 13.1. The van der Waals surface area contributed by atoms with Crippen molar-refractivity contribution in [2.75, 3.05) is 13.1 Å². The molecule has 1 aliphatic rings. The lowest BCUT2D eigenvalue weighted by atomic mass is 9.77. The molecule has 19 heavy (non-hydrogen) atoms. The van der Waals surface area contributed by atoms with Crippen LogP contribution in [-0.4, -0.2) is 22.5 Å². The fourth-order valence-electron chi connectivity index (χ4n) is 3.29. The van der Waals surface area contributed by atoms with E-state index in [2.05, 4.69) is 34.4 Å². The van der Waals surface area contributed by atoms with Gasteiger partial charge in [-0.2, -0.15) is 0 Å². The van der Waals surface area contributed by atoms with Gasteiger partial charge in [0.1, 0.15) is 0 Å². The summed E-state index contributed by atoms with van der Waals surface area (Å²) in [5, 5.41) is 5.63. The Kier molecular flexibility index (Phi) is 4.18. The summed E-state index contributed by atoms with van der Waals surface area (Å²) >= 11 is 1.72. The zero-order valence-electron chi connectivity index (χ0n) is 11.6. The van der Waals surface area contributed by atoms with Crippen molar-refractivity contribution >= 4 is 16.3 Å². The van der Waals surface area contributed by atoms with Crippen LogP contribution in [0.25, 0.3) is 4.96 Å². The van der Waals surface area contributed by atoms with Crippen LogP contribution < -0.4 is 5.32 Å². The van der Waals surface area contributed by atoms with Crippen molar-refractivity contribution in [3.05, 3.63) is 23.5 Å². The standard InChI is InChI=1S/C15H23N3S/c1-2-16-10-13-6-4-3-5-12(13)9-14-11-18-7-8-19-15(18)17-14/h7-8,11-13,16H,2-6,9-10H2,1H3. The Balaban J connectivity index is 1.67. The molecule has 0 aromatic carbocycles. The van der Waals surface area contributed by atoms with Crippen LogP contribution in [0.15, 0.2) is 17.8 Å². The smallest absolute Gasteiger partial charge is 0.193 e. The monoisotopic (exact) mass is 277 g/mol. The summed E-state index contributed by atoms with van der Waals surface area (Å²) in [6.45, 7) is 4.47. The van der Waals surface area contributed by atoms with Gasteiger partial charge in [0.2, 0.25) is 0 Å². The van der Waals surface area contributed by atoms with Crippen molar-refractivity contribution in [1.29, 1.82) is 0 Å². The van der Waals surface area contributed by atoms with E-state index in [1.54, 1.807) is 11.3 Å². The highest BCUT2D eigenvalue weighted by Gasteiger charge is 2.25. The van der Waals surface area contributed by atoms with E-state index in [1.165, 1.54) is 37.9 Å². The third kappa shape index (κ3) is 3.00. The van der Waals surface area contributed by atoms with Crippen molar-refractivity contribution in [1.82, 2.24) is 14.7 Å². The molecule has 2 aromatic rings. The summed E-state index contributed by atoms with van der Waals surface area (Å²) in [7, 11) is 0. The predicted molar refractivity (Wildman–Crippen MR) is 80.8 cm³/mol. The molecule has 2 heterocycles. The molecule has 0 saturated heterocycles. The Bertz CT molecular complexity index is 488. The molecule has 1 fully saturated rings. The van der Waals surface area contributed by atoms with Gasteiger partial charge >= 0.3 is 0 Å². The van der Waals surface area contributed by atoms with Gasteiger partial charge in [0.15, 0.2) is 4.96 Å². The van der Waals surface area contributed by atoms with Crippen molar-refractivity contribution in [2.45, 2.75) is 39.0 Å². The quantitative estimate of drug-likeness (QED) is 0.908. The van der Waals surface area contributed by atoms with Crippen molar-refractivity contribution in [2.24, 2.45) is 11.8 Å². The van der Waals surface area contributed by atoms with E-state index in [9.17, 15) is 0 Å². The largest absolute Gasteiger partial charge is 0.317 e. The highest BCUT2D eigenvalue weighted by atomic mass is 32.1. The summed E-state index contributed by atoms with van der Waals surface area (Å²) in [6.07, 6.45) is 11.0. The second-order valence-electron chi connectivity index (χ2n) is 5.64. The predicted octanol–water partition coefficient (Wildman–Crippen LogP) is 3.35. The van der Waals surface area contributed by atoms with Crippen LogP contribution in [0.1, 0.15) is 38.3 Å². The minimum absolute atomic E-state index is 0.817. The van der Waals surface area contributed by atoms with Gasteiger partial charge in [0, 0.05) is 17.8 Å². The maximum atomic E-state index is 4.74. The maximum Gasteiger partial charge on any atom is 0.193 e. The fourth-order valence-corrected chi connectivity index (χ4v) is 4.01. The van der Waals surface area contributed by atoms with E-state index in [4.69, 9.17) is 4.98 Å². The Morgan fingerprint density at radius 3 is 3.00 bits per heavy atom. The number of hydrogen-bond acceptors (Lipinski definition) is 3. The molecular weight excluding hydrogens is 254 g/mol. The number of nitrogens with zero attached hydrogens (tertiary/aromatic N) is 2. The number of imidazole rings is 1. The molecule has 0 amide bonds. The number of fused-ring (bicyclic) bond motifs is 1. The van der Waals surface area contributed by atoms with Crippen LogP contribution in [0.4, 0.5) is 0 Å². The van der Waals surface area contributed by atoms with Crippen molar-refractivity contribution in [3.63, 3.8) is 0 Å². The highest BCUT2D eigenvalue weighted by Crippen LogP contribution is 2.32. The van der Waals surface area contributed by atoms with Crippen LogP contribution >= 0.6 is 11.3 Å².